The molecule has 1 aliphatic heterocycles. The number of benzene rings is 1. The van der Waals surface area contributed by atoms with Crippen LogP contribution in [0.3, 0.4) is 0 Å². The van der Waals surface area contributed by atoms with Crippen LogP contribution in [0.2, 0.25) is 0 Å². The molecule has 0 amide bonds. The molecule has 0 aliphatic carbocycles. The molecule has 1 fully saturated rings. The van der Waals surface area contributed by atoms with Gasteiger partial charge in [0.05, 0.1) is 18.1 Å². The van der Waals surface area contributed by atoms with Gasteiger partial charge in [0.25, 0.3) is 5.69 Å². The Hall–Kier alpha value is -1.35. The fourth-order valence-corrected chi connectivity index (χ4v) is 2.39. The van der Waals surface area contributed by atoms with E-state index in [0.717, 1.165) is 44.8 Å². The summed E-state index contributed by atoms with van der Waals surface area (Å²) in [5, 5.41) is 19.6. The lowest BCUT2D eigenvalue weighted by atomic mass is 10.2. The van der Waals surface area contributed by atoms with Crippen molar-refractivity contribution in [3.63, 3.8) is 0 Å². The van der Waals surface area contributed by atoms with Crippen LogP contribution >= 0.6 is 11.9 Å². The van der Waals surface area contributed by atoms with Gasteiger partial charge in [0.1, 0.15) is 5.69 Å². The zero-order valence-electron chi connectivity index (χ0n) is 11.1. The van der Waals surface area contributed by atoms with E-state index >= 15 is 0 Å². The third-order valence-electron chi connectivity index (χ3n) is 3.15. The molecule has 0 atom stereocenters. The lowest BCUT2D eigenvalue weighted by Crippen LogP contribution is -2.39. The molecule has 1 aromatic rings. The maximum absolute atomic E-state index is 11.0. The lowest BCUT2D eigenvalue weighted by Gasteiger charge is -2.26. The summed E-state index contributed by atoms with van der Waals surface area (Å²) in [6, 6.07) is 4.96. The molecule has 1 aliphatic rings. The number of morpholine rings is 1. The average molecular weight is 298 g/mol. The Morgan fingerprint density at radius 3 is 2.85 bits per heavy atom. The Balaban J connectivity index is 1.92. The summed E-state index contributed by atoms with van der Waals surface area (Å²) >= 11 is 1.00. The number of ether oxygens (including phenoxy) is 1. The van der Waals surface area contributed by atoms with Crippen LogP contribution in [0.15, 0.2) is 23.1 Å². The zero-order valence-corrected chi connectivity index (χ0v) is 11.9. The van der Waals surface area contributed by atoms with Crippen molar-refractivity contribution in [3.05, 3.63) is 28.3 Å². The molecule has 0 bridgehead atoms. The molecule has 8 heteroatoms. The first-order valence-electron chi connectivity index (χ1n) is 6.40. The van der Waals surface area contributed by atoms with Gasteiger partial charge < -0.3 is 10.1 Å². The molecular formula is C12H18N4O3S. The van der Waals surface area contributed by atoms with E-state index in [1.54, 1.807) is 12.1 Å². The van der Waals surface area contributed by atoms with Crippen molar-refractivity contribution in [1.29, 1.82) is 0 Å². The van der Waals surface area contributed by atoms with Gasteiger partial charge in [-0.2, -0.15) is 0 Å². The van der Waals surface area contributed by atoms with Gasteiger partial charge in [0.15, 0.2) is 0 Å². The highest BCUT2D eigenvalue weighted by Gasteiger charge is 2.15. The third-order valence-corrected chi connectivity index (χ3v) is 3.68. The van der Waals surface area contributed by atoms with Crippen molar-refractivity contribution in [2.75, 3.05) is 44.7 Å². The van der Waals surface area contributed by atoms with Crippen molar-refractivity contribution in [2.24, 2.45) is 5.14 Å². The van der Waals surface area contributed by atoms with Crippen LogP contribution in [0, 0.1) is 10.1 Å². The quantitative estimate of drug-likeness (QED) is 0.464. The number of nitro groups is 1. The number of nitrogens with two attached hydrogens (primary N) is 1. The first-order valence-corrected chi connectivity index (χ1v) is 7.28. The van der Waals surface area contributed by atoms with E-state index in [1.807, 2.05) is 0 Å². The van der Waals surface area contributed by atoms with Crippen LogP contribution in [0.5, 0.6) is 0 Å². The third kappa shape index (κ3) is 4.07. The molecule has 1 aromatic carbocycles. The van der Waals surface area contributed by atoms with E-state index in [9.17, 15) is 10.1 Å². The van der Waals surface area contributed by atoms with E-state index in [1.165, 1.54) is 6.07 Å². The summed E-state index contributed by atoms with van der Waals surface area (Å²) in [7, 11) is 0. The maximum Gasteiger partial charge on any atom is 0.293 e. The van der Waals surface area contributed by atoms with Crippen molar-refractivity contribution < 1.29 is 9.66 Å². The van der Waals surface area contributed by atoms with Crippen LogP contribution in [0.1, 0.15) is 0 Å². The highest BCUT2D eigenvalue weighted by molar-refractivity contribution is 7.97. The molecule has 7 nitrogen and oxygen atoms in total. The van der Waals surface area contributed by atoms with E-state index in [0.29, 0.717) is 17.1 Å². The minimum absolute atomic E-state index is 0.0578. The molecule has 0 saturated carbocycles. The topological polar surface area (TPSA) is 93.7 Å². The van der Waals surface area contributed by atoms with Crippen LogP contribution in [-0.2, 0) is 4.74 Å². The number of nitro benzene ring substituents is 1. The summed E-state index contributed by atoms with van der Waals surface area (Å²) in [4.78, 5) is 13.6. The summed E-state index contributed by atoms with van der Waals surface area (Å²) in [6.45, 7) is 4.83. The molecule has 1 saturated heterocycles. The summed E-state index contributed by atoms with van der Waals surface area (Å²) in [6.07, 6.45) is 0. The first kappa shape index (κ1) is 15.0. The molecule has 110 valence electrons. The van der Waals surface area contributed by atoms with Gasteiger partial charge >= 0.3 is 0 Å². The number of anilines is 1. The first-order chi connectivity index (χ1) is 9.70. The van der Waals surface area contributed by atoms with Crippen LogP contribution in [-0.4, -0.2) is 49.2 Å². The smallest absolute Gasteiger partial charge is 0.293 e. The zero-order chi connectivity index (χ0) is 14.4. The Morgan fingerprint density at radius 1 is 1.45 bits per heavy atom. The van der Waals surface area contributed by atoms with Crippen LogP contribution < -0.4 is 10.5 Å². The van der Waals surface area contributed by atoms with Gasteiger partial charge in [-0.15, -0.1) is 0 Å². The minimum atomic E-state index is -0.392. The Labute approximate surface area is 121 Å². The largest absolute Gasteiger partial charge is 0.379 e. The Kier molecular flexibility index (Phi) is 5.60. The summed E-state index contributed by atoms with van der Waals surface area (Å²) in [5.41, 5.74) is 0.587. The van der Waals surface area contributed by atoms with Gasteiger partial charge in [-0.05, 0) is 24.1 Å². The molecule has 0 aromatic heterocycles. The van der Waals surface area contributed by atoms with Gasteiger partial charge in [0.2, 0.25) is 0 Å². The van der Waals surface area contributed by atoms with E-state index in [4.69, 9.17) is 9.88 Å². The number of rotatable bonds is 6. The number of hydrogen-bond donors (Lipinski definition) is 2. The van der Waals surface area contributed by atoms with Crippen molar-refractivity contribution in [2.45, 2.75) is 4.90 Å². The monoisotopic (exact) mass is 298 g/mol. The minimum Gasteiger partial charge on any atom is -0.379 e. The number of nitrogens with one attached hydrogen (secondary N) is 1. The summed E-state index contributed by atoms with van der Waals surface area (Å²) in [5.74, 6) is 0. The van der Waals surface area contributed by atoms with E-state index in [2.05, 4.69) is 10.2 Å². The molecule has 2 rings (SSSR count). The molecule has 0 unspecified atom stereocenters. The normalized spacial score (nSPS) is 16.1. The van der Waals surface area contributed by atoms with Crippen molar-refractivity contribution >= 4 is 23.3 Å². The average Bonchev–Trinajstić information content (AvgIpc) is 2.48. The van der Waals surface area contributed by atoms with Crippen molar-refractivity contribution in [3.8, 4) is 0 Å². The van der Waals surface area contributed by atoms with E-state index in [-0.39, 0.29) is 5.69 Å². The fourth-order valence-electron chi connectivity index (χ4n) is 2.06. The lowest BCUT2D eigenvalue weighted by molar-refractivity contribution is -0.384. The molecule has 20 heavy (non-hydrogen) atoms. The maximum atomic E-state index is 11.0. The predicted molar refractivity (Wildman–Crippen MR) is 78.9 cm³/mol. The van der Waals surface area contributed by atoms with Gasteiger partial charge in [-0.3, -0.25) is 20.2 Å². The Bertz CT molecular complexity index is 466. The number of nitrogens with zero attached hydrogens (tertiary/aromatic N) is 2. The van der Waals surface area contributed by atoms with Gasteiger partial charge in [-0.1, -0.05) is 0 Å². The molecule has 0 spiro atoms. The van der Waals surface area contributed by atoms with Gasteiger partial charge in [-0.25, -0.2) is 0 Å². The fraction of sp³-hybridized carbons (Fsp3) is 0.500. The second-order valence-corrected chi connectivity index (χ2v) is 5.14. The standard InChI is InChI=1S/C12H18N4O3S/c13-20-10-1-2-11(12(9-10)16(17)18)14-3-4-15-5-7-19-8-6-15/h1-2,9,14H,3-8,13H2. The summed E-state index contributed by atoms with van der Waals surface area (Å²) < 4.78 is 5.27. The highest BCUT2D eigenvalue weighted by atomic mass is 32.2. The van der Waals surface area contributed by atoms with Crippen molar-refractivity contribution in [1.82, 2.24) is 4.90 Å². The molecule has 1 heterocycles. The molecule has 0 radical (unpaired) electrons. The molecule has 3 N–H and O–H groups in total. The second-order valence-electron chi connectivity index (χ2n) is 4.43. The van der Waals surface area contributed by atoms with E-state index < -0.39 is 4.92 Å². The highest BCUT2D eigenvalue weighted by Crippen LogP contribution is 2.28. The van der Waals surface area contributed by atoms with Crippen LogP contribution in [0.4, 0.5) is 11.4 Å². The predicted octanol–water partition coefficient (Wildman–Crippen LogP) is 1.30. The second kappa shape index (κ2) is 7.44. The Morgan fingerprint density at radius 2 is 2.20 bits per heavy atom. The van der Waals surface area contributed by atoms with Crippen LogP contribution in [0.25, 0.3) is 0 Å². The SMILES string of the molecule is NSc1ccc(NCCN2CCOCC2)c([N+](=O)[O-])c1. The van der Waals surface area contributed by atoms with Gasteiger partial charge in [0, 0.05) is 37.1 Å². The number of hydrogen-bond acceptors (Lipinski definition) is 7. The molecular weight excluding hydrogens is 280 g/mol.